The third-order valence-electron chi connectivity index (χ3n) is 8.87. The van der Waals surface area contributed by atoms with Gasteiger partial charge in [-0.3, -0.25) is 14.7 Å². The maximum absolute atomic E-state index is 2.65. The number of nitrogens with zero attached hydrogens (tertiary/aromatic N) is 4. The van der Waals surface area contributed by atoms with E-state index in [1.54, 1.807) is 0 Å². The highest BCUT2D eigenvalue weighted by molar-refractivity contribution is 4.98. The molecule has 0 unspecified atom stereocenters. The summed E-state index contributed by atoms with van der Waals surface area (Å²) in [6, 6.07) is 2.64. The van der Waals surface area contributed by atoms with Gasteiger partial charge in [-0.2, -0.15) is 0 Å². The first kappa shape index (κ1) is 27.4. The summed E-state index contributed by atoms with van der Waals surface area (Å²) >= 11 is 0. The van der Waals surface area contributed by atoms with Crippen molar-refractivity contribution in [2.75, 3.05) is 52.4 Å². The first-order valence-corrected chi connectivity index (χ1v) is 14.0. The zero-order chi connectivity index (χ0) is 24.8. The van der Waals surface area contributed by atoms with Crippen LogP contribution in [0.2, 0.25) is 0 Å². The first-order chi connectivity index (χ1) is 15.1. The Morgan fingerprint density at radius 2 is 1.03 bits per heavy atom. The smallest absolute Gasteiger partial charge is 0.0351 e. The SMILES string of the molecule is CC(C)(C)C1CN(C2CC2)C1.CC(C)(C)N1CC(N2CC2)C1.CC(C)N1CC(C(C)(C)C)C1. The molecule has 0 aromatic carbocycles. The second kappa shape index (κ2) is 10.1. The van der Waals surface area contributed by atoms with Crippen LogP contribution in [0.25, 0.3) is 0 Å². The Labute approximate surface area is 207 Å². The van der Waals surface area contributed by atoms with Crippen LogP contribution < -0.4 is 0 Å². The van der Waals surface area contributed by atoms with Crippen molar-refractivity contribution >= 4 is 0 Å². The van der Waals surface area contributed by atoms with Gasteiger partial charge in [-0.25, -0.2) is 0 Å². The molecule has 0 aromatic rings. The van der Waals surface area contributed by atoms with Gasteiger partial charge in [-0.05, 0) is 70.1 Å². The number of hydrogen-bond acceptors (Lipinski definition) is 4. The van der Waals surface area contributed by atoms with E-state index >= 15 is 0 Å². The summed E-state index contributed by atoms with van der Waals surface area (Å²) in [4.78, 5) is 10.3. The third kappa shape index (κ3) is 7.92. The standard InChI is InChI=1S/C10H19N.C10H21N.C9H18N2/c1-10(2,3)8-6-11(7-8)9-4-5-9;1-8(2)11-6-9(7-11)10(3,4)5;1-9(2,3)11-6-8(7-11)10-4-5-10/h8-9H,4-7H2,1-3H3;8-9H,6-7H2,1-5H3;8H,4-7H2,1-3H3. The lowest BCUT2D eigenvalue weighted by Gasteiger charge is -2.48. The average molecular weight is 463 g/mol. The van der Waals surface area contributed by atoms with Crippen LogP contribution in [-0.2, 0) is 0 Å². The molecule has 4 aliphatic heterocycles. The summed E-state index contributed by atoms with van der Waals surface area (Å²) in [6.07, 6.45) is 2.94. The molecular formula is C29H58N4. The third-order valence-corrected chi connectivity index (χ3v) is 8.87. The summed E-state index contributed by atoms with van der Waals surface area (Å²) in [7, 11) is 0. The van der Waals surface area contributed by atoms with Crippen LogP contribution in [0.1, 0.15) is 89.0 Å². The van der Waals surface area contributed by atoms with E-state index in [9.17, 15) is 0 Å². The molecule has 194 valence electrons. The quantitative estimate of drug-likeness (QED) is 0.529. The minimum Gasteiger partial charge on any atom is -0.300 e. The van der Waals surface area contributed by atoms with Gasteiger partial charge in [-0.1, -0.05) is 41.5 Å². The maximum Gasteiger partial charge on any atom is 0.0351 e. The highest BCUT2D eigenvalue weighted by Crippen LogP contribution is 2.39. The zero-order valence-corrected chi connectivity index (χ0v) is 24.2. The molecule has 1 aliphatic carbocycles. The molecule has 0 bridgehead atoms. The van der Waals surface area contributed by atoms with Crippen molar-refractivity contribution in [3.63, 3.8) is 0 Å². The fraction of sp³-hybridized carbons (Fsp3) is 1.00. The summed E-state index contributed by atoms with van der Waals surface area (Å²) in [6.45, 7) is 36.2. The normalized spacial score (nSPS) is 26.5. The van der Waals surface area contributed by atoms with Gasteiger partial charge in [0.05, 0.1) is 0 Å². The van der Waals surface area contributed by atoms with Crippen LogP contribution in [0, 0.1) is 22.7 Å². The molecule has 5 fully saturated rings. The Morgan fingerprint density at radius 1 is 0.576 bits per heavy atom. The van der Waals surface area contributed by atoms with Crippen LogP contribution >= 0.6 is 0 Å². The lowest BCUT2D eigenvalue weighted by atomic mass is 9.75. The summed E-state index contributed by atoms with van der Waals surface area (Å²) in [5, 5.41) is 0. The molecule has 4 heteroatoms. The Kier molecular flexibility index (Phi) is 8.37. The second-order valence-electron chi connectivity index (χ2n) is 15.1. The van der Waals surface area contributed by atoms with E-state index in [4.69, 9.17) is 0 Å². The summed E-state index contributed by atoms with van der Waals surface area (Å²) in [5.41, 5.74) is 1.46. The van der Waals surface area contributed by atoms with Gasteiger partial charge < -0.3 is 4.90 Å². The summed E-state index contributed by atoms with van der Waals surface area (Å²) < 4.78 is 0. The fourth-order valence-electron chi connectivity index (χ4n) is 4.94. The molecule has 0 N–H and O–H groups in total. The molecule has 0 atom stereocenters. The largest absolute Gasteiger partial charge is 0.300 e. The van der Waals surface area contributed by atoms with Gasteiger partial charge in [0.15, 0.2) is 0 Å². The van der Waals surface area contributed by atoms with E-state index < -0.39 is 0 Å². The van der Waals surface area contributed by atoms with Gasteiger partial charge in [0, 0.05) is 76.0 Å². The molecule has 0 aromatic heterocycles. The molecular weight excluding hydrogens is 404 g/mol. The van der Waals surface area contributed by atoms with E-state index in [1.165, 1.54) is 65.2 Å². The van der Waals surface area contributed by atoms with E-state index in [0.717, 1.165) is 30.0 Å². The molecule has 33 heavy (non-hydrogen) atoms. The van der Waals surface area contributed by atoms with Crippen LogP contribution in [0.15, 0.2) is 0 Å². The predicted molar refractivity (Wildman–Crippen MR) is 144 cm³/mol. The molecule has 0 radical (unpaired) electrons. The topological polar surface area (TPSA) is 12.7 Å². The first-order valence-electron chi connectivity index (χ1n) is 14.0. The van der Waals surface area contributed by atoms with Crippen LogP contribution in [-0.4, -0.2) is 95.6 Å². The summed E-state index contributed by atoms with van der Waals surface area (Å²) in [5.74, 6) is 1.88. The fourth-order valence-corrected chi connectivity index (χ4v) is 4.94. The van der Waals surface area contributed by atoms with Crippen LogP contribution in [0.5, 0.6) is 0 Å². The molecule has 0 spiro atoms. The van der Waals surface area contributed by atoms with Gasteiger partial charge in [0.25, 0.3) is 0 Å². The molecule has 5 aliphatic rings. The van der Waals surface area contributed by atoms with Crippen LogP contribution in [0.3, 0.4) is 0 Å². The molecule has 4 saturated heterocycles. The van der Waals surface area contributed by atoms with Gasteiger partial charge in [-0.15, -0.1) is 0 Å². The van der Waals surface area contributed by atoms with Crippen molar-refractivity contribution in [2.24, 2.45) is 22.7 Å². The lowest BCUT2D eigenvalue weighted by Crippen LogP contribution is -2.61. The Balaban J connectivity index is 0.000000139. The molecule has 4 heterocycles. The minimum atomic E-state index is 0.395. The Morgan fingerprint density at radius 3 is 1.36 bits per heavy atom. The van der Waals surface area contributed by atoms with Crippen molar-refractivity contribution in [1.29, 1.82) is 0 Å². The predicted octanol–water partition coefficient (Wildman–Crippen LogP) is 5.28. The van der Waals surface area contributed by atoms with E-state index in [-0.39, 0.29) is 0 Å². The number of rotatable bonds is 3. The van der Waals surface area contributed by atoms with Gasteiger partial charge in [0.2, 0.25) is 0 Å². The lowest BCUT2D eigenvalue weighted by molar-refractivity contribution is 0.00320. The highest BCUT2D eigenvalue weighted by Gasteiger charge is 2.42. The monoisotopic (exact) mass is 462 g/mol. The Hall–Kier alpha value is -0.160. The number of likely N-dealkylation sites (tertiary alicyclic amines) is 3. The highest BCUT2D eigenvalue weighted by atomic mass is 15.4. The van der Waals surface area contributed by atoms with Crippen molar-refractivity contribution in [2.45, 2.75) is 113 Å². The zero-order valence-electron chi connectivity index (χ0n) is 24.2. The number of hydrogen-bond donors (Lipinski definition) is 0. The van der Waals surface area contributed by atoms with Crippen molar-refractivity contribution in [1.82, 2.24) is 19.6 Å². The van der Waals surface area contributed by atoms with E-state index in [1.807, 2.05) is 0 Å². The minimum absolute atomic E-state index is 0.395. The Bertz CT molecular complexity index is 520. The van der Waals surface area contributed by atoms with Crippen molar-refractivity contribution in [3.8, 4) is 0 Å². The maximum atomic E-state index is 2.65. The van der Waals surface area contributed by atoms with Crippen LogP contribution in [0.4, 0.5) is 0 Å². The van der Waals surface area contributed by atoms with Gasteiger partial charge >= 0.3 is 0 Å². The van der Waals surface area contributed by atoms with Gasteiger partial charge in [0.1, 0.15) is 0 Å². The average Bonchev–Trinajstić information content (AvgIpc) is 3.33. The molecule has 0 amide bonds. The van der Waals surface area contributed by atoms with E-state index in [2.05, 4.69) is 95.8 Å². The van der Waals surface area contributed by atoms with Crippen molar-refractivity contribution < 1.29 is 0 Å². The van der Waals surface area contributed by atoms with E-state index in [0.29, 0.717) is 16.4 Å². The molecule has 5 rings (SSSR count). The molecule has 1 saturated carbocycles. The van der Waals surface area contributed by atoms with Crippen molar-refractivity contribution in [3.05, 3.63) is 0 Å². The molecule has 4 nitrogen and oxygen atoms in total. The second-order valence-corrected chi connectivity index (χ2v) is 15.1.